The maximum absolute atomic E-state index is 6.07. The van der Waals surface area contributed by atoms with Crippen molar-refractivity contribution in [1.82, 2.24) is 0 Å². The Balaban J connectivity index is 2.44. The van der Waals surface area contributed by atoms with Crippen LogP contribution in [0.1, 0.15) is 25.7 Å². The second-order valence-electron chi connectivity index (χ2n) is 4.14. The molecule has 1 aromatic carbocycles. The van der Waals surface area contributed by atoms with Crippen LogP contribution >= 0.6 is 38.9 Å². The van der Waals surface area contributed by atoms with Gasteiger partial charge in [0.1, 0.15) is 5.75 Å². The highest BCUT2D eigenvalue weighted by atomic mass is 79.9. The molecule has 0 spiro atoms. The minimum Gasteiger partial charge on any atom is -0.496 e. The van der Waals surface area contributed by atoms with E-state index >= 15 is 0 Å². The number of alkyl halides is 1. The Morgan fingerprint density at radius 3 is 2.56 bits per heavy atom. The molecular formula is C14H14BrClOS. The summed E-state index contributed by atoms with van der Waals surface area (Å²) in [6.07, 6.45) is 0. The topological polar surface area (TPSA) is 9.23 Å². The fourth-order valence-electron chi connectivity index (χ4n) is 1.78. The number of hydrogen-bond donors (Lipinski definition) is 0. The molecule has 0 N–H and O–H groups in total. The molecule has 1 aromatic heterocycles. The highest BCUT2D eigenvalue weighted by Crippen LogP contribution is 2.41. The van der Waals surface area contributed by atoms with Crippen LogP contribution in [0.3, 0.4) is 0 Å². The SMILES string of the molecule is COc1ccc(Cl)cc1C(Br)c1cc(C)c(C)s1. The van der Waals surface area contributed by atoms with Crippen molar-refractivity contribution in [2.45, 2.75) is 18.7 Å². The van der Waals surface area contributed by atoms with Crippen LogP contribution in [0.15, 0.2) is 24.3 Å². The van der Waals surface area contributed by atoms with Crippen molar-refractivity contribution >= 4 is 38.9 Å². The molecule has 2 aromatic rings. The van der Waals surface area contributed by atoms with Gasteiger partial charge in [0.05, 0.1) is 11.9 Å². The number of benzene rings is 1. The Hall–Kier alpha value is -0.510. The third-order valence-corrected chi connectivity index (χ3v) is 5.64. The van der Waals surface area contributed by atoms with Crippen molar-refractivity contribution < 1.29 is 4.74 Å². The molecule has 2 rings (SSSR count). The van der Waals surface area contributed by atoms with Gasteiger partial charge < -0.3 is 4.74 Å². The largest absolute Gasteiger partial charge is 0.496 e. The average molecular weight is 346 g/mol. The monoisotopic (exact) mass is 344 g/mol. The predicted octanol–water partition coefficient (Wildman–Crippen LogP) is 5.51. The summed E-state index contributed by atoms with van der Waals surface area (Å²) in [6.45, 7) is 4.27. The van der Waals surface area contributed by atoms with E-state index in [2.05, 4.69) is 35.8 Å². The lowest BCUT2D eigenvalue weighted by Gasteiger charge is -2.13. The normalized spacial score (nSPS) is 12.5. The molecule has 0 aliphatic rings. The number of rotatable bonds is 3. The molecule has 0 aliphatic heterocycles. The van der Waals surface area contributed by atoms with Gasteiger partial charge in [-0.3, -0.25) is 0 Å². The Bertz CT molecular complexity index is 545. The lowest BCUT2D eigenvalue weighted by atomic mass is 10.1. The van der Waals surface area contributed by atoms with Gasteiger partial charge in [-0.05, 0) is 43.7 Å². The second-order valence-corrected chi connectivity index (χ2v) is 6.78. The zero-order valence-corrected chi connectivity index (χ0v) is 13.6. The Morgan fingerprint density at radius 2 is 2.00 bits per heavy atom. The molecule has 96 valence electrons. The second kappa shape index (κ2) is 5.64. The zero-order chi connectivity index (χ0) is 13.3. The van der Waals surface area contributed by atoms with E-state index in [0.29, 0.717) is 0 Å². The molecule has 0 aliphatic carbocycles. The van der Waals surface area contributed by atoms with Gasteiger partial charge in [-0.1, -0.05) is 27.5 Å². The third-order valence-electron chi connectivity index (χ3n) is 2.90. The summed E-state index contributed by atoms with van der Waals surface area (Å²) in [5.41, 5.74) is 2.38. The highest BCUT2D eigenvalue weighted by Gasteiger charge is 2.18. The number of halogens is 2. The molecular weight excluding hydrogens is 332 g/mol. The lowest BCUT2D eigenvalue weighted by Crippen LogP contribution is -1.95. The fraction of sp³-hybridized carbons (Fsp3) is 0.286. The van der Waals surface area contributed by atoms with Crippen LogP contribution in [-0.4, -0.2) is 7.11 Å². The molecule has 0 saturated heterocycles. The van der Waals surface area contributed by atoms with E-state index in [-0.39, 0.29) is 4.83 Å². The molecule has 0 fully saturated rings. The van der Waals surface area contributed by atoms with Gasteiger partial charge in [0.2, 0.25) is 0 Å². The average Bonchev–Trinajstić information content (AvgIpc) is 2.68. The van der Waals surface area contributed by atoms with E-state index < -0.39 is 0 Å². The van der Waals surface area contributed by atoms with Crippen LogP contribution < -0.4 is 4.74 Å². The molecule has 0 radical (unpaired) electrons. The molecule has 4 heteroatoms. The lowest BCUT2D eigenvalue weighted by molar-refractivity contribution is 0.410. The summed E-state index contributed by atoms with van der Waals surface area (Å²) in [6, 6.07) is 7.90. The maximum Gasteiger partial charge on any atom is 0.123 e. The number of aryl methyl sites for hydroxylation is 2. The van der Waals surface area contributed by atoms with Gasteiger partial charge in [-0.15, -0.1) is 11.3 Å². The van der Waals surface area contributed by atoms with Crippen LogP contribution in [-0.2, 0) is 0 Å². The Kier molecular flexibility index (Phi) is 4.36. The van der Waals surface area contributed by atoms with E-state index in [0.717, 1.165) is 16.3 Å². The minimum atomic E-state index is 0.114. The first-order chi connectivity index (χ1) is 8.52. The summed E-state index contributed by atoms with van der Waals surface area (Å²) in [5, 5.41) is 0.722. The van der Waals surface area contributed by atoms with Gasteiger partial charge in [0.25, 0.3) is 0 Å². The van der Waals surface area contributed by atoms with Crippen LogP contribution in [0.5, 0.6) is 5.75 Å². The zero-order valence-electron chi connectivity index (χ0n) is 10.5. The summed E-state index contributed by atoms with van der Waals surface area (Å²) >= 11 is 11.6. The summed E-state index contributed by atoms with van der Waals surface area (Å²) in [7, 11) is 1.68. The van der Waals surface area contributed by atoms with Crippen LogP contribution in [0, 0.1) is 13.8 Å². The smallest absolute Gasteiger partial charge is 0.123 e. The van der Waals surface area contributed by atoms with E-state index in [4.69, 9.17) is 16.3 Å². The molecule has 18 heavy (non-hydrogen) atoms. The van der Waals surface area contributed by atoms with E-state index in [1.807, 2.05) is 18.2 Å². The van der Waals surface area contributed by atoms with Gasteiger partial charge in [0, 0.05) is 20.3 Å². The maximum atomic E-state index is 6.07. The van der Waals surface area contributed by atoms with Crippen LogP contribution in [0.2, 0.25) is 5.02 Å². The highest BCUT2D eigenvalue weighted by molar-refractivity contribution is 9.09. The van der Waals surface area contributed by atoms with Gasteiger partial charge in [0.15, 0.2) is 0 Å². The van der Waals surface area contributed by atoms with E-state index in [1.54, 1.807) is 18.4 Å². The molecule has 1 unspecified atom stereocenters. The number of ether oxygens (including phenoxy) is 1. The molecule has 1 nitrogen and oxygen atoms in total. The van der Waals surface area contributed by atoms with Crippen molar-refractivity contribution in [2.75, 3.05) is 7.11 Å². The Labute approximate surface area is 125 Å². The first-order valence-corrected chi connectivity index (χ1v) is 7.68. The van der Waals surface area contributed by atoms with Gasteiger partial charge >= 0.3 is 0 Å². The first kappa shape index (κ1) is 13.9. The predicted molar refractivity (Wildman–Crippen MR) is 82.6 cm³/mol. The van der Waals surface area contributed by atoms with Crippen molar-refractivity contribution in [1.29, 1.82) is 0 Å². The Morgan fingerprint density at radius 1 is 1.28 bits per heavy atom. The fourth-order valence-corrected chi connectivity index (χ4v) is 3.77. The van der Waals surface area contributed by atoms with Crippen molar-refractivity contribution in [3.05, 3.63) is 50.2 Å². The molecule has 0 saturated carbocycles. The van der Waals surface area contributed by atoms with Crippen molar-refractivity contribution in [2.24, 2.45) is 0 Å². The van der Waals surface area contributed by atoms with Crippen molar-refractivity contribution in [3.8, 4) is 5.75 Å². The van der Waals surface area contributed by atoms with Crippen LogP contribution in [0.4, 0.5) is 0 Å². The summed E-state index contributed by atoms with van der Waals surface area (Å²) in [5.74, 6) is 0.852. The minimum absolute atomic E-state index is 0.114. The standard InChI is InChI=1S/C14H14BrClOS/c1-8-6-13(18-9(8)2)14(15)11-7-10(16)4-5-12(11)17-3/h4-7,14H,1-3H3. The summed E-state index contributed by atoms with van der Waals surface area (Å²) in [4.78, 5) is 2.73. The third kappa shape index (κ3) is 2.73. The van der Waals surface area contributed by atoms with Gasteiger partial charge in [-0.25, -0.2) is 0 Å². The van der Waals surface area contributed by atoms with E-state index in [1.165, 1.54) is 15.3 Å². The van der Waals surface area contributed by atoms with Crippen molar-refractivity contribution in [3.63, 3.8) is 0 Å². The molecule has 0 amide bonds. The number of hydrogen-bond acceptors (Lipinski definition) is 2. The summed E-state index contributed by atoms with van der Waals surface area (Å²) < 4.78 is 5.40. The number of methoxy groups -OCH3 is 1. The first-order valence-electron chi connectivity index (χ1n) is 5.57. The molecule has 0 bridgehead atoms. The molecule has 1 atom stereocenters. The van der Waals surface area contributed by atoms with E-state index in [9.17, 15) is 0 Å². The molecule has 1 heterocycles. The van der Waals surface area contributed by atoms with Crippen LogP contribution in [0.25, 0.3) is 0 Å². The van der Waals surface area contributed by atoms with Gasteiger partial charge in [-0.2, -0.15) is 0 Å². The quantitative estimate of drug-likeness (QED) is 0.666. The number of thiophene rings is 1.